The molecule has 0 unspecified atom stereocenters. The van der Waals surface area contributed by atoms with E-state index in [1.165, 1.54) is 12.1 Å². The molecule has 11 heteroatoms. The molecule has 1 aromatic carbocycles. The Balaban J connectivity index is 2.18. The fraction of sp³-hybridized carbons (Fsp3) is 0.294. The van der Waals surface area contributed by atoms with E-state index in [0.29, 0.717) is 0 Å². The number of nitrogens with zero attached hydrogens (tertiary/aromatic N) is 3. The number of nitriles is 2. The molecule has 2 amide bonds. The minimum Gasteiger partial charge on any atom is -0.320 e. The quantitative estimate of drug-likeness (QED) is 0.550. The molecule has 2 rings (SSSR count). The summed E-state index contributed by atoms with van der Waals surface area (Å²) in [4.78, 5) is 34.7. The van der Waals surface area contributed by atoms with E-state index in [1.807, 2.05) is 12.1 Å². The molecule has 2 N–H and O–H groups in total. The lowest BCUT2D eigenvalue weighted by Gasteiger charge is -2.34. The molecule has 0 saturated heterocycles. The monoisotopic (exact) mass is 419 g/mol. The van der Waals surface area contributed by atoms with Crippen LogP contribution in [0.25, 0.3) is 0 Å². The number of nitro groups is 1. The van der Waals surface area contributed by atoms with Crippen LogP contribution in [0.4, 0.5) is 11.4 Å². The molecule has 1 aliphatic rings. The smallest absolute Gasteiger partial charge is 0.294 e. The van der Waals surface area contributed by atoms with Crippen molar-refractivity contribution in [1.29, 1.82) is 10.5 Å². The number of carbonyl (C=O) groups excluding carboxylic acids is 2. The van der Waals surface area contributed by atoms with E-state index in [9.17, 15) is 30.2 Å². The minimum atomic E-state index is -1.03. The zero-order valence-corrected chi connectivity index (χ0v) is 16.3. The molecule has 1 aliphatic heterocycles. The van der Waals surface area contributed by atoms with Crippen molar-refractivity contribution in [2.45, 2.75) is 13.8 Å². The SMILES string of the molecule is CC1(C)C(C#N)=C(SCC(=O)Nc2ccc(Cl)cc2[N+](=O)[O-])NC(=O)[C@H]1C#N. The molecule has 9 nitrogen and oxygen atoms in total. The van der Waals surface area contributed by atoms with Crippen LogP contribution in [0.1, 0.15) is 13.8 Å². The van der Waals surface area contributed by atoms with Crippen molar-refractivity contribution in [3.05, 3.63) is 43.9 Å². The van der Waals surface area contributed by atoms with Gasteiger partial charge in [0.2, 0.25) is 11.8 Å². The molecule has 144 valence electrons. The van der Waals surface area contributed by atoms with Gasteiger partial charge in [0.25, 0.3) is 5.69 Å². The number of allylic oxidation sites excluding steroid dienone is 1. The number of hydrogen-bond donors (Lipinski definition) is 2. The normalized spacial score (nSPS) is 17.9. The maximum atomic E-state index is 12.2. The third-order valence-corrected chi connectivity index (χ3v) is 5.35. The number of rotatable bonds is 5. The van der Waals surface area contributed by atoms with E-state index in [0.717, 1.165) is 17.8 Å². The number of benzene rings is 1. The Morgan fingerprint density at radius 1 is 1.46 bits per heavy atom. The standard InChI is InChI=1S/C17H14ClN5O4S/c1-17(2)10(6-19)15(25)22-16(11(17)7-20)28-8-14(24)21-12-4-3-9(18)5-13(12)23(26)27/h3-5,10H,8H2,1-2H3,(H,21,24)(H,22,25)/t10-/m1/s1. The molecule has 0 fully saturated rings. The van der Waals surface area contributed by atoms with Crippen LogP contribution in [-0.4, -0.2) is 22.5 Å². The van der Waals surface area contributed by atoms with Crippen molar-refractivity contribution in [2.24, 2.45) is 11.3 Å². The summed E-state index contributed by atoms with van der Waals surface area (Å²) in [6, 6.07) is 7.71. The molecular formula is C17H14ClN5O4S. The van der Waals surface area contributed by atoms with Crippen LogP contribution in [0.5, 0.6) is 0 Å². The highest BCUT2D eigenvalue weighted by Gasteiger charge is 2.44. The summed E-state index contributed by atoms with van der Waals surface area (Å²) in [5.74, 6) is -2.37. The van der Waals surface area contributed by atoms with Crippen molar-refractivity contribution >= 4 is 46.6 Å². The fourth-order valence-electron chi connectivity index (χ4n) is 2.62. The lowest BCUT2D eigenvalue weighted by atomic mass is 9.72. The zero-order chi connectivity index (χ0) is 21.1. The Morgan fingerprint density at radius 3 is 2.71 bits per heavy atom. The molecular weight excluding hydrogens is 406 g/mol. The van der Waals surface area contributed by atoms with Gasteiger partial charge in [-0.2, -0.15) is 10.5 Å². The summed E-state index contributed by atoms with van der Waals surface area (Å²) in [5.41, 5.74) is -1.20. The van der Waals surface area contributed by atoms with E-state index in [2.05, 4.69) is 10.6 Å². The van der Waals surface area contributed by atoms with Gasteiger partial charge in [-0.05, 0) is 12.1 Å². The number of thioether (sulfide) groups is 1. The molecule has 28 heavy (non-hydrogen) atoms. The zero-order valence-electron chi connectivity index (χ0n) is 14.8. The molecule has 0 spiro atoms. The number of amides is 2. The first-order valence-corrected chi connectivity index (χ1v) is 9.20. The van der Waals surface area contributed by atoms with Gasteiger partial charge in [-0.15, -0.1) is 0 Å². The predicted octanol–water partition coefficient (Wildman–Crippen LogP) is 2.95. The number of halogens is 1. The largest absolute Gasteiger partial charge is 0.320 e. The molecule has 0 aromatic heterocycles. The van der Waals surface area contributed by atoms with E-state index in [1.54, 1.807) is 13.8 Å². The first kappa shape index (κ1) is 21.2. The van der Waals surface area contributed by atoms with Gasteiger partial charge in [-0.1, -0.05) is 37.2 Å². The van der Waals surface area contributed by atoms with Crippen LogP contribution < -0.4 is 10.6 Å². The number of nitro benzene ring substituents is 1. The summed E-state index contributed by atoms with van der Waals surface area (Å²) in [5, 5.41) is 35.0. The molecule has 1 heterocycles. The van der Waals surface area contributed by atoms with Crippen molar-refractivity contribution in [1.82, 2.24) is 5.32 Å². The third-order valence-electron chi connectivity index (χ3n) is 4.11. The molecule has 1 aromatic rings. The van der Waals surface area contributed by atoms with E-state index >= 15 is 0 Å². The molecule has 0 aliphatic carbocycles. The highest BCUT2D eigenvalue weighted by molar-refractivity contribution is 8.03. The van der Waals surface area contributed by atoms with Crippen LogP contribution in [0.3, 0.4) is 0 Å². The second kappa shape index (κ2) is 8.30. The molecule has 0 radical (unpaired) electrons. The number of hydrogen-bond acceptors (Lipinski definition) is 7. The summed E-state index contributed by atoms with van der Waals surface area (Å²) >= 11 is 6.64. The lowest BCUT2D eigenvalue weighted by molar-refractivity contribution is -0.383. The Morgan fingerprint density at radius 2 is 2.14 bits per heavy atom. The van der Waals surface area contributed by atoms with E-state index in [4.69, 9.17) is 11.6 Å². The molecule has 0 bridgehead atoms. The second-order valence-electron chi connectivity index (χ2n) is 6.34. The molecule has 1 atom stereocenters. The maximum Gasteiger partial charge on any atom is 0.294 e. The number of anilines is 1. The molecule has 0 saturated carbocycles. The lowest BCUT2D eigenvalue weighted by Crippen LogP contribution is -2.44. The van der Waals surface area contributed by atoms with Crippen LogP contribution in [-0.2, 0) is 9.59 Å². The summed E-state index contributed by atoms with van der Waals surface area (Å²) in [6.07, 6.45) is 0. The van der Waals surface area contributed by atoms with Gasteiger partial charge in [-0.25, -0.2) is 0 Å². The first-order valence-electron chi connectivity index (χ1n) is 7.83. The Kier molecular flexibility index (Phi) is 6.29. The Labute approximate surface area is 169 Å². The highest BCUT2D eigenvalue weighted by Crippen LogP contribution is 2.41. The van der Waals surface area contributed by atoms with Crippen LogP contribution in [0.2, 0.25) is 5.02 Å². The fourth-order valence-corrected chi connectivity index (χ4v) is 3.76. The number of carbonyl (C=O) groups is 2. The average molecular weight is 420 g/mol. The van der Waals surface area contributed by atoms with Crippen LogP contribution in [0, 0.1) is 44.1 Å². The van der Waals surface area contributed by atoms with Gasteiger partial charge in [-0.3, -0.25) is 19.7 Å². The third kappa shape index (κ3) is 4.25. The van der Waals surface area contributed by atoms with E-state index in [-0.39, 0.29) is 32.8 Å². The van der Waals surface area contributed by atoms with Gasteiger partial charge in [0, 0.05) is 16.5 Å². The summed E-state index contributed by atoms with van der Waals surface area (Å²) < 4.78 is 0. The van der Waals surface area contributed by atoms with Gasteiger partial charge >= 0.3 is 0 Å². The number of nitrogens with one attached hydrogen (secondary N) is 2. The average Bonchev–Trinajstić information content (AvgIpc) is 2.60. The highest BCUT2D eigenvalue weighted by atomic mass is 35.5. The van der Waals surface area contributed by atoms with Gasteiger partial charge in [0.1, 0.15) is 11.6 Å². The summed E-state index contributed by atoms with van der Waals surface area (Å²) in [6.45, 7) is 3.21. The Bertz CT molecular complexity index is 977. The van der Waals surface area contributed by atoms with Crippen molar-refractivity contribution in [2.75, 3.05) is 11.1 Å². The van der Waals surface area contributed by atoms with Gasteiger partial charge < -0.3 is 10.6 Å². The maximum absolute atomic E-state index is 12.2. The van der Waals surface area contributed by atoms with Crippen LogP contribution in [0.15, 0.2) is 28.8 Å². The van der Waals surface area contributed by atoms with Crippen molar-refractivity contribution in [3.63, 3.8) is 0 Å². The first-order chi connectivity index (χ1) is 13.1. The minimum absolute atomic E-state index is 0.0213. The van der Waals surface area contributed by atoms with Crippen molar-refractivity contribution < 1.29 is 14.5 Å². The van der Waals surface area contributed by atoms with Crippen molar-refractivity contribution in [3.8, 4) is 12.1 Å². The summed E-state index contributed by atoms with van der Waals surface area (Å²) in [7, 11) is 0. The van der Waals surface area contributed by atoms with E-state index < -0.39 is 28.1 Å². The Hall–Kier alpha value is -3.08. The van der Waals surface area contributed by atoms with Gasteiger partial charge in [0.15, 0.2) is 0 Å². The predicted molar refractivity (Wildman–Crippen MR) is 103 cm³/mol. The van der Waals surface area contributed by atoms with Gasteiger partial charge in [0.05, 0.1) is 33.4 Å². The van der Waals surface area contributed by atoms with Crippen LogP contribution >= 0.6 is 23.4 Å². The second-order valence-corrected chi connectivity index (χ2v) is 7.77. The topological polar surface area (TPSA) is 149 Å².